The molecule has 28 heavy (non-hydrogen) atoms. The van der Waals surface area contributed by atoms with E-state index in [2.05, 4.69) is 50.4 Å². The third-order valence-electron chi connectivity index (χ3n) is 5.00. The van der Waals surface area contributed by atoms with Gasteiger partial charge in [0.05, 0.1) is 17.4 Å². The molecule has 142 valence electrons. The van der Waals surface area contributed by atoms with Gasteiger partial charge in [-0.3, -0.25) is 14.7 Å². The Labute approximate surface area is 165 Å². The normalized spacial score (nSPS) is 14.6. The Morgan fingerprint density at radius 2 is 1.57 bits per heavy atom. The highest BCUT2D eigenvalue weighted by atomic mass is 16.1. The second-order valence-electron chi connectivity index (χ2n) is 7.00. The van der Waals surface area contributed by atoms with Crippen molar-refractivity contribution in [3.05, 3.63) is 90.3 Å². The monoisotopic (exact) mass is 372 g/mol. The van der Waals surface area contributed by atoms with Crippen molar-refractivity contribution in [2.45, 2.75) is 6.54 Å². The maximum absolute atomic E-state index is 12.5. The lowest BCUT2D eigenvalue weighted by Crippen LogP contribution is -2.46. The molecule has 1 aliphatic rings. The third kappa shape index (κ3) is 4.56. The lowest BCUT2D eigenvalue weighted by Gasteiger charge is -2.36. The number of carbonyl (C=O) groups excluding carboxylic acids is 1. The molecule has 1 N–H and O–H groups in total. The van der Waals surface area contributed by atoms with Crippen LogP contribution in [0.5, 0.6) is 0 Å². The minimum atomic E-state index is -0.136. The Balaban J connectivity index is 1.36. The van der Waals surface area contributed by atoms with Crippen LogP contribution in [0.25, 0.3) is 0 Å². The van der Waals surface area contributed by atoms with Gasteiger partial charge in [-0.1, -0.05) is 48.5 Å². The second kappa shape index (κ2) is 8.67. The molecule has 1 fully saturated rings. The maximum Gasteiger partial charge on any atom is 0.257 e. The van der Waals surface area contributed by atoms with Gasteiger partial charge in [0.1, 0.15) is 0 Å². The molecule has 1 amide bonds. The number of pyridine rings is 1. The van der Waals surface area contributed by atoms with Gasteiger partial charge in [-0.2, -0.15) is 0 Å². The highest BCUT2D eigenvalue weighted by Crippen LogP contribution is 2.19. The average Bonchev–Trinajstić information content (AvgIpc) is 2.76. The molecule has 0 radical (unpaired) electrons. The minimum Gasteiger partial charge on any atom is -0.368 e. The van der Waals surface area contributed by atoms with Crippen LogP contribution in [0.15, 0.2) is 79.1 Å². The zero-order valence-electron chi connectivity index (χ0n) is 15.8. The molecule has 0 bridgehead atoms. The number of hydrogen-bond acceptors (Lipinski definition) is 4. The van der Waals surface area contributed by atoms with E-state index in [4.69, 9.17) is 0 Å². The van der Waals surface area contributed by atoms with Crippen molar-refractivity contribution < 1.29 is 4.79 Å². The third-order valence-corrected chi connectivity index (χ3v) is 5.00. The number of aromatic nitrogens is 1. The number of amides is 1. The molecule has 1 saturated heterocycles. The Morgan fingerprint density at radius 3 is 2.29 bits per heavy atom. The predicted molar refractivity (Wildman–Crippen MR) is 113 cm³/mol. The van der Waals surface area contributed by atoms with Crippen molar-refractivity contribution in [2.75, 3.05) is 36.4 Å². The van der Waals surface area contributed by atoms with Crippen molar-refractivity contribution in [3.8, 4) is 0 Å². The van der Waals surface area contributed by atoms with Gasteiger partial charge in [-0.25, -0.2) is 0 Å². The summed E-state index contributed by atoms with van der Waals surface area (Å²) in [5.74, 6) is -0.136. The zero-order valence-corrected chi connectivity index (χ0v) is 15.8. The van der Waals surface area contributed by atoms with Gasteiger partial charge in [0.2, 0.25) is 0 Å². The second-order valence-corrected chi connectivity index (χ2v) is 7.00. The van der Waals surface area contributed by atoms with Crippen LogP contribution in [-0.2, 0) is 6.54 Å². The average molecular weight is 372 g/mol. The summed E-state index contributed by atoms with van der Waals surface area (Å²) in [7, 11) is 0. The summed E-state index contributed by atoms with van der Waals surface area (Å²) in [6.07, 6.45) is 3.46. The maximum atomic E-state index is 12.5. The van der Waals surface area contributed by atoms with Crippen LogP contribution in [0.3, 0.4) is 0 Å². The molecule has 1 aliphatic heterocycles. The summed E-state index contributed by atoms with van der Waals surface area (Å²) < 4.78 is 0. The van der Waals surface area contributed by atoms with Gasteiger partial charge in [-0.05, 0) is 23.8 Å². The first-order chi connectivity index (χ1) is 13.8. The molecule has 3 aromatic rings. The van der Waals surface area contributed by atoms with E-state index in [1.165, 1.54) is 5.56 Å². The molecule has 5 nitrogen and oxygen atoms in total. The molecule has 2 aromatic carbocycles. The smallest absolute Gasteiger partial charge is 0.257 e. The van der Waals surface area contributed by atoms with Crippen LogP contribution < -0.4 is 10.2 Å². The number of benzene rings is 2. The number of para-hydroxylation sites is 1. The number of carbonyl (C=O) groups is 1. The standard InChI is InChI=1S/C23H24N4O/c28-23(25-21-9-5-2-6-10-21)20-15-22(17-24-16-20)27-13-11-26(12-14-27)18-19-7-3-1-4-8-19/h1-10,15-17H,11-14,18H2,(H,25,28). The lowest BCUT2D eigenvalue weighted by molar-refractivity contribution is 0.102. The fraction of sp³-hybridized carbons (Fsp3) is 0.217. The predicted octanol–water partition coefficient (Wildman–Crippen LogP) is 3.66. The quantitative estimate of drug-likeness (QED) is 0.743. The summed E-state index contributed by atoms with van der Waals surface area (Å²) in [5.41, 5.74) is 3.71. The number of nitrogens with zero attached hydrogens (tertiary/aromatic N) is 3. The fourth-order valence-corrected chi connectivity index (χ4v) is 3.46. The van der Waals surface area contributed by atoms with Crippen LogP contribution in [0, 0.1) is 0 Å². The molecule has 1 aromatic heterocycles. The van der Waals surface area contributed by atoms with Crippen LogP contribution in [-0.4, -0.2) is 42.0 Å². The summed E-state index contributed by atoms with van der Waals surface area (Å²) in [6.45, 7) is 4.83. The first kappa shape index (κ1) is 18.2. The van der Waals surface area contributed by atoms with E-state index in [0.29, 0.717) is 5.56 Å². The van der Waals surface area contributed by atoms with Crippen molar-refractivity contribution in [3.63, 3.8) is 0 Å². The van der Waals surface area contributed by atoms with Crippen molar-refractivity contribution >= 4 is 17.3 Å². The van der Waals surface area contributed by atoms with Gasteiger partial charge in [0.25, 0.3) is 5.91 Å². The largest absolute Gasteiger partial charge is 0.368 e. The first-order valence-corrected chi connectivity index (χ1v) is 9.60. The van der Waals surface area contributed by atoms with E-state index >= 15 is 0 Å². The van der Waals surface area contributed by atoms with E-state index in [-0.39, 0.29) is 5.91 Å². The Bertz CT molecular complexity index is 906. The van der Waals surface area contributed by atoms with Crippen molar-refractivity contribution in [2.24, 2.45) is 0 Å². The molecule has 5 heteroatoms. The minimum absolute atomic E-state index is 0.136. The summed E-state index contributed by atoms with van der Waals surface area (Å²) in [5, 5.41) is 2.92. The van der Waals surface area contributed by atoms with Crippen LogP contribution in [0.4, 0.5) is 11.4 Å². The number of piperazine rings is 1. The van der Waals surface area contributed by atoms with Gasteiger partial charge < -0.3 is 10.2 Å². The van der Waals surface area contributed by atoms with E-state index in [0.717, 1.165) is 44.1 Å². The van der Waals surface area contributed by atoms with Crippen LogP contribution in [0.2, 0.25) is 0 Å². The van der Waals surface area contributed by atoms with E-state index in [1.54, 1.807) is 6.20 Å². The summed E-state index contributed by atoms with van der Waals surface area (Å²) >= 11 is 0. The number of anilines is 2. The van der Waals surface area contributed by atoms with Crippen molar-refractivity contribution in [1.29, 1.82) is 0 Å². The molecule has 0 saturated carbocycles. The van der Waals surface area contributed by atoms with Crippen LogP contribution in [0.1, 0.15) is 15.9 Å². The molecule has 0 aliphatic carbocycles. The highest BCUT2D eigenvalue weighted by Gasteiger charge is 2.18. The molecular weight excluding hydrogens is 348 g/mol. The molecular formula is C23H24N4O. The molecule has 4 rings (SSSR count). The molecule has 0 spiro atoms. The lowest BCUT2D eigenvalue weighted by atomic mass is 10.2. The number of nitrogens with one attached hydrogen (secondary N) is 1. The SMILES string of the molecule is O=C(Nc1ccccc1)c1cncc(N2CCN(Cc3ccccc3)CC2)c1. The Kier molecular flexibility index (Phi) is 5.64. The topological polar surface area (TPSA) is 48.5 Å². The zero-order chi connectivity index (χ0) is 19.2. The van der Waals surface area contributed by atoms with Gasteiger partial charge in [-0.15, -0.1) is 0 Å². The summed E-state index contributed by atoms with van der Waals surface area (Å²) in [4.78, 5) is 21.6. The summed E-state index contributed by atoms with van der Waals surface area (Å²) in [6, 6.07) is 22.0. The molecule has 0 atom stereocenters. The highest BCUT2D eigenvalue weighted by molar-refractivity contribution is 6.04. The number of hydrogen-bond donors (Lipinski definition) is 1. The van der Waals surface area contributed by atoms with Gasteiger partial charge in [0.15, 0.2) is 0 Å². The van der Waals surface area contributed by atoms with E-state index < -0.39 is 0 Å². The first-order valence-electron chi connectivity index (χ1n) is 9.60. The fourth-order valence-electron chi connectivity index (χ4n) is 3.46. The molecule has 2 heterocycles. The Hall–Kier alpha value is -3.18. The van der Waals surface area contributed by atoms with Crippen LogP contribution >= 0.6 is 0 Å². The Morgan fingerprint density at radius 1 is 0.893 bits per heavy atom. The van der Waals surface area contributed by atoms with Gasteiger partial charge in [0, 0.05) is 44.6 Å². The van der Waals surface area contributed by atoms with Gasteiger partial charge >= 0.3 is 0 Å². The van der Waals surface area contributed by atoms with Crippen molar-refractivity contribution in [1.82, 2.24) is 9.88 Å². The number of rotatable bonds is 5. The molecule has 0 unspecified atom stereocenters. The van der Waals surface area contributed by atoms with E-state index in [9.17, 15) is 4.79 Å². The van der Waals surface area contributed by atoms with E-state index in [1.807, 2.05) is 42.6 Å².